The van der Waals surface area contributed by atoms with Gasteiger partial charge in [0.15, 0.2) is 0 Å². The van der Waals surface area contributed by atoms with Gasteiger partial charge < -0.3 is 0 Å². The van der Waals surface area contributed by atoms with Gasteiger partial charge in [-0.25, -0.2) is 13.2 Å². The summed E-state index contributed by atoms with van der Waals surface area (Å²) in [6.07, 6.45) is 0. The fourth-order valence-electron chi connectivity index (χ4n) is 1.81. The molecule has 0 amide bonds. The number of halogens is 3. The number of hydrogen-bond acceptors (Lipinski definition) is 1. The molecule has 2 rings (SSSR count). The van der Waals surface area contributed by atoms with Gasteiger partial charge >= 0.3 is 0 Å². The van der Waals surface area contributed by atoms with Gasteiger partial charge in [0.05, 0.1) is 12.2 Å². The predicted molar refractivity (Wildman–Crippen MR) is 61.9 cm³/mol. The van der Waals surface area contributed by atoms with Crippen LogP contribution >= 0.6 is 0 Å². The average molecular weight is 254 g/mol. The van der Waals surface area contributed by atoms with Crippen molar-refractivity contribution in [3.05, 3.63) is 52.1 Å². The van der Waals surface area contributed by atoms with Gasteiger partial charge in [0.25, 0.3) is 0 Å². The lowest BCUT2D eigenvalue weighted by molar-refractivity contribution is 0.506. The molecule has 2 nitrogen and oxygen atoms in total. The standard InChI is InChI=1S/C13H13F3N2/c1-7-8(2)17-18(9(7)3)6-11-12(15)4-10(14)5-13(11)16/h4-5H,6H2,1-3H3. The summed E-state index contributed by atoms with van der Waals surface area (Å²) in [5.41, 5.74) is 2.46. The first-order chi connectivity index (χ1) is 8.40. The van der Waals surface area contributed by atoms with Crippen LogP contribution in [0, 0.1) is 38.2 Å². The fraction of sp³-hybridized carbons (Fsp3) is 0.308. The lowest BCUT2D eigenvalue weighted by Gasteiger charge is -2.07. The molecule has 96 valence electrons. The van der Waals surface area contributed by atoms with Gasteiger partial charge in [-0.3, -0.25) is 4.68 Å². The summed E-state index contributed by atoms with van der Waals surface area (Å²) in [5.74, 6) is -2.70. The molecule has 0 aliphatic carbocycles. The van der Waals surface area contributed by atoms with Crippen LogP contribution in [0.25, 0.3) is 0 Å². The van der Waals surface area contributed by atoms with E-state index in [0.29, 0.717) is 12.1 Å². The molecule has 0 bridgehead atoms. The summed E-state index contributed by atoms with van der Waals surface area (Å²) >= 11 is 0. The highest BCUT2D eigenvalue weighted by Gasteiger charge is 2.15. The van der Waals surface area contributed by atoms with E-state index in [1.807, 2.05) is 20.8 Å². The quantitative estimate of drug-likeness (QED) is 0.804. The van der Waals surface area contributed by atoms with Crippen LogP contribution in [0.2, 0.25) is 0 Å². The van der Waals surface area contributed by atoms with Crippen LogP contribution in [0.3, 0.4) is 0 Å². The van der Waals surface area contributed by atoms with Crippen molar-refractivity contribution in [3.63, 3.8) is 0 Å². The van der Waals surface area contributed by atoms with Gasteiger partial charge in [-0.05, 0) is 26.3 Å². The smallest absolute Gasteiger partial charge is 0.134 e. The number of benzene rings is 1. The van der Waals surface area contributed by atoms with Crippen molar-refractivity contribution in [2.24, 2.45) is 0 Å². The van der Waals surface area contributed by atoms with E-state index >= 15 is 0 Å². The summed E-state index contributed by atoms with van der Waals surface area (Å²) in [7, 11) is 0. The Labute approximate surface area is 103 Å². The third kappa shape index (κ3) is 2.12. The largest absolute Gasteiger partial charge is 0.265 e. The molecule has 0 N–H and O–H groups in total. The maximum Gasteiger partial charge on any atom is 0.134 e. The minimum atomic E-state index is -0.918. The van der Waals surface area contributed by atoms with E-state index in [1.165, 1.54) is 4.68 Å². The SMILES string of the molecule is Cc1nn(Cc2c(F)cc(F)cc2F)c(C)c1C. The molecule has 0 atom stereocenters. The van der Waals surface area contributed by atoms with Gasteiger partial charge in [0.1, 0.15) is 17.5 Å². The first-order valence-corrected chi connectivity index (χ1v) is 5.54. The molecule has 0 aliphatic heterocycles. The molecule has 0 aliphatic rings. The van der Waals surface area contributed by atoms with E-state index in [2.05, 4.69) is 5.10 Å². The maximum absolute atomic E-state index is 13.5. The lowest BCUT2D eigenvalue weighted by Crippen LogP contribution is -2.08. The van der Waals surface area contributed by atoms with E-state index in [9.17, 15) is 13.2 Å². The van der Waals surface area contributed by atoms with Crippen molar-refractivity contribution in [1.82, 2.24) is 9.78 Å². The Balaban J connectivity index is 2.43. The number of aromatic nitrogens is 2. The molecule has 2 aromatic rings. The summed E-state index contributed by atoms with van der Waals surface area (Å²) < 4.78 is 41.3. The van der Waals surface area contributed by atoms with Crippen LogP contribution in [0.4, 0.5) is 13.2 Å². The van der Waals surface area contributed by atoms with Crippen molar-refractivity contribution in [1.29, 1.82) is 0 Å². The number of nitrogens with zero attached hydrogens (tertiary/aromatic N) is 2. The molecule has 18 heavy (non-hydrogen) atoms. The monoisotopic (exact) mass is 254 g/mol. The van der Waals surface area contributed by atoms with Gasteiger partial charge in [-0.15, -0.1) is 0 Å². The van der Waals surface area contributed by atoms with Crippen molar-refractivity contribution in [2.45, 2.75) is 27.3 Å². The lowest BCUT2D eigenvalue weighted by atomic mass is 10.2. The topological polar surface area (TPSA) is 17.8 Å². The second-order valence-corrected chi connectivity index (χ2v) is 4.30. The van der Waals surface area contributed by atoms with Crippen LogP contribution in [0.5, 0.6) is 0 Å². The van der Waals surface area contributed by atoms with Crippen LogP contribution < -0.4 is 0 Å². The van der Waals surface area contributed by atoms with Crippen LogP contribution in [0.1, 0.15) is 22.5 Å². The zero-order chi connectivity index (χ0) is 13.4. The third-order valence-corrected chi connectivity index (χ3v) is 3.16. The molecular weight excluding hydrogens is 241 g/mol. The molecule has 0 radical (unpaired) electrons. The number of rotatable bonds is 2. The van der Waals surface area contributed by atoms with Crippen molar-refractivity contribution >= 4 is 0 Å². The van der Waals surface area contributed by atoms with Crippen molar-refractivity contribution in [2.75, 3.05) is 0 Å². The Morgan fingerprint density at radius 1 is 1.06 bits per heavy atom. The van der Waals surface area contributed by atoms with Crippen LogP contribution in [-0.4, -0.2) is 9.78 Å². The van der Waals surface area contributed by atoms with E-state index < -0.39 is 17.5 Å². The molecule has 0 saturated heterocycles. The number of aryl methyl sites for hydroxylation is 1. The zero-order valence-corrected chi connectivity index (χ0v) is 10.4. The van der Waals surface area contributed by atoms with E-state index in [-0.39, 0.29) is 12.1 Å². The fourth-order valence-corrected chi connectivity index (χ4v) is 1.81. The molecule has 1 aromatic heterocycles. The Morgan fingerprint density at radius 3 is 2.06 bits per heavy atom. The Morgan fingerprint density at radius 2 is 1.61 bits per heavy atom. The molecular formula is C13H13F3N2. The highest BCUT2D eigenvalue weighted by atomic mass is 19.1. The molecule has 0 fully saturated rings. The zero-order valence-electron chi connectivity index (χ0n) is 10.4. The van der Waals surface area contributed by atoms with Gasteiger partial charge in [-0.2, -0.15) is 5.10 Å². The van der Waals surface area contributed by atoms with E-state index in [4.69, 9.17) is 0 Å². The van der Waals surface area contributed by atoms with Crippen molar-refractivity contribution < 1.29 is 13.2 Å². The van der Waals surface area contributed by atoms with E-state index in [1.54, 1.807) is 0 Å². The molecule has 0 spiro atoms. The minimum absolute atomic E-state index is 0.0432. The van der Waals surface area contributed by atoms with Crippen molar-refractivity contribution in [3.8, 4) is 0 Å². The van der Waals surface area contributed by atoms with Gasteiger partial charge in [0.2, 0.25) is 0 Å². The normalized spacial score (nSPS) is 11.0. The second-order valence-electron chi connectivity index (χ2n) is 4.30. The molecule has 5 heteroatoms. The summed E-state index contributed by atoms with van der Waals surface area (Å²) in [5, 5.41) is 4.20. The maximum atomic E-state index is 13.5. The summed E-state index contributed by atoms with van der Waals surface area (Å²) in [6, 6.07) is 1.36. The van der Waals surface area contributed by atoms with Crippen LogP contribution in [-0.2, 0) is 6.54 Å². The predicted octanol–water partition coefficient (Wildman–Crippen LogP) is 3.27. The number of hydrogen-bond donors (Lipinski definition) is 0. The third-order valence-electron chi connectivity index (χ3n) is 3.16. The summed E-state index contributed by atoms with van der Waals surface area (Å²) in [4.78, 5) is 0. The Kier molecular flexibility index (Phi) is 3.15. The molecule has 0 unspecified atom stereocenters. The van der Waals surface area contributed by atoms with Crippen LogP contribution in [0.15, 0.2) is 12.1 Å². The highest BCUT2D eigenvalue weighted by molar-refractivity contribution is 5.25. The molecule has 0 saturated carbocycles. The Hall–Kier alpha value is -1.78. The van der Waals surface area contributed by atoms with E-state index in [0.717, 1.165) is 17.0 Å². The molecule has 1 heterocycles. The summed E-state index contributed by atoms with van der Waals surface area (Å²) in [6.45, 7) is 5.51. The minimum Gasteiger partial charge on any atom is -0.265 e. The van der Waals surface area contributed by atoms with Gasteiger partial charge in [0, 0.05) is 23.4 Å². The average Bonchev–Trinajstić information content (AvgIpc) is 2.51. The first kappa shape index (κ1) is 12.7. The second kappa shape index (κ2) is 4.48. The highest BCUT2D eigenvalue weighted by Crippen LogP contribution is 2.18. The van der Waals surface area contributed by atoms with Gasteiger partial charge in [-0.1, -0.05) is 0 Å². The Bertz CT molecular complexity index is 580. The molecule has 1 aromatic carbocycles. The first-order valence-electron chi connectivity index (χ1n) is 5.54.